The predicted molar refractivity (Wildman–Crippen MR) is 119 cm³/mol. The normalized spacial score (nSPS) is 12.0. The molecule has 11 heteroatoms. The van der Waals surface area contributed by atoms with Gasteiger partial charge in [0, 0.05) is 28.4 Å². The van der Waals surface area contributed by atoms with Crippen LogP contribution in [0.25, 0.3) is 22.0 Å². The fraction of sp³-hybridized carbons (Fsp3) is 0.0909. The van der Waals surface area contributed by atoms with Crippen LogP contribution in [0.2, 0.25) is 0 Å². The molecule has 2 heterocycles. The molecule has 0 aliphatic heterocycles. The molecule has 33 heavy (non-hydrogen) atoms. The second-order valence-electron chi connectivity index (χ2n) is 7.29. The Kier molecular flexibility index (Phi) is 5.58. The lowest BCUT2D eigenvalue weighted by Gasteiger charge is -2.12. The van der Waals surface area contributed by atoms with Crippen LogP contribution in [-0.4, -0.2) is 30.5 Å². The summed E-state index contributed by atoms with van der Waals surface area (Å²) < 4.78 is 65.1. The van der Waals surface area contributed by atoms with Crippen molar-refractivity contribution < 1.29 is 26.4 Å². The molecule has 0 saturated heterocycles. The first-order valence-electron chi connectivity index (χ1n) is 9.54. The summed E-state index contributed by atoms with van der Waals surface area (Å²) in [6.45, 7) is 0. The Morgan fingerprint density at radius 1 is 1.00 bits per heavy atom. The molecule has 0 unspecified atom stereocenters. The number of fused-ring (bicyclic) bond motifs is 1. The Labute approximate surface area is 186 Å². The van der Waals surface area contributed by atoms with Gasteiger partial charge in [-0.2, -0.15) is 13.2 Å². The molecule has 0 aliphatic rings. The number of pyridine rings is 1. The number of anilines is 2. The van der Waals surface area contributed by atoms with Gasteiger partial charge in [0.15, 0.2) is 5.69 Å². The molecular weight excluding hydrogens is 457 g/mol. The number of carbonyl (C=O) groups excluding carboxylic acids is 1. The van der Waals surface area contributed by atoms with Crippen LogP contribution in [0.1, 0.15) is 16.2 Å². The zero-order valence-corrected chi connectivity index (χ0v) is 17.9. The number of amides is 1. The average Bonchev–Trinajstić information content (AvgIpc) is 3.16. The number of sulfonamides is 1. The molecule has 0 spiro atoms. The van der Waals surface area contributed by atoms with Gasteiger partial charge in [0.1, 0.15) is 5.69 Å². The number of hydrogen-bond acceptors (Lipinski definition) is 4. The van der Waals surface area contributed by atoms with Crippen LogP contribution < -0.4 is 10.0 Å². The van der Waals surface area contributed by atoms with Crippen molar-refractivity contribution >= 4 is 38.2 Å². The molecule has 1 amide bonds. The molecule has 3 N–H and O–H groups in total. The first-order chi connectivity index (χ1) is 15.5. The number of carbonyl (C=O) groups is 1. The van der Waals surface area contributed by atoms with E-state index in [9.17, 15) is 26.4 Å². The molecule has 0 atom stereocenters. The van der Waals surface area contributed by atoms with Crippen LogP contribution in [0.5, 0.6) is 0 Å². The lowest BCUT2D eigenvalue weighted by atomic mass is 10.0. The first kappa shape index (κ1) is 22.3. The second-order valence-corrected chi connectivity index (χ2v) is 9.04. The quantitative estimate of drug-likeness (QED) is 0.384. The van der Waals surface area contributed by atoms with Gasteiger partial charge in [0.25, 0.3) is 5.91 Å². The van der Waals surface area contributed by atoms with Gasteiger partial charge in [-0.25, -0.2) is 8.42 Å². The molecule has 0 aliphatic carbocycles. The van der Waals surface area contributed by atoms with Crippen LogP contribution in [0, 0.1) is 0 Å². The minimum absolute atomic E-state index is 0.0994. The summed E-state index contributed by atoms with van der Waals surface area (Å²) in [6, 6.07) is 15.1. The van der Waals surface area contributed by atoms with Crippen LogP contribution in [0.15, 0.2) is 66.9 Å². The molecule has 170 valence electrons. The Bertz CT molecular complexity index is 1460. The van der Waals surface area contributed by atoms with E-state index in [1.807, 2.05) is 0 Å². The third kappa shape index (κ3) is 5.14. The number of aromatic amines is 1. The van der Waals surface area contributed by atoms with Crippen molar-refractivity contribution in [2.75, 3.05) is 16.3 Å². The standard InChI is InChI=1S/C22H17F3N4O3S/c1-33(31,32)29-16-8-7-14-11-19(28-18(14)12-16)21(30)27-15-5-2-4-13(10-15)17-6-3-9-26-20(17)22(23,24)25/h2-12,28-29H,1H3,(H,27,30). The zero-order valence-electron chi connectivity index (χ0n) is 17.1. The number of benzene rings is 2. The Morgan fingerprint density at radius 3 is 2.52 bits per heavy atom. The van der Waals surface area contributed by atoms with Crippen LogP contribution in [0.4, 0.5) is 24.5 Å². The van der Waals surface area contributed by atoms with E-state index in [1.54, 1.807) is 30.3 Å². The number of H-pyrrole nitrogens is 1. The largest absolute Gasteiger partial charge is 0.433 e. The molecule has 0 fully saturated rings. The van der Waals surface area contributed by atoms with E-state index in [1.165, 1.54) is 30.3 Å². The smallest absolute Gasteiger partial charge is 0.350 e. The summed E-state index contributed by atoms with van der Waals surface area (Å²) in [5.74, 6) is -0.511. The van der Waals surface area contributed by atoms with Gasteiger partial charge < -0.3 is 10.3 Å². The van der Waals surface area contributed by atoms with E-state index in [0.29, 0.717) is 22.3 Å². The molecule has 0 bridgehead atoms. The van der Waals surface area contributed by atoms with Crippen LogP contribution >= 0.6 is 0 Å². The van der Waals surface area contributed by atoms with Crippen molar-refractivity contribution in [2.45, 2.75) is 6.18 Å². The number of alkyl halides is 3. The van der Waals surface area contributed by atoms with Crippen LogP contribution in [-0.2, 0) is 16.2 Å². The maximum absolute atomic E-state index is 13.3. The van der Waals surface area contributed by atoms with E-state index in [4.69, 9.17) is 0 Å². The van der Waals surface area contributed by atoms with Crippen molar-refractivity contribution in [1.29, 1.82) is 0 Å². The fourth-order valence-electron chi connectivity index (χ4n) is 3.35. The fourth-order valence-corrected chi connectivity index (χ4v) is 3.91. The lowest BCUT2D eigenvalue weighted by molar-refractivity contribution is -0.140. The minimum atomic E-state index is -4.62. The van der Waals surface area contributed by atoms with Gasteiger partial charge in [0.05, 0.1) is 11.9 Å². The van der Waals surface area contributed by atoms with Crippen molar-refractivity contribution in [3.63, 3.8) is 0 Å². The van der Waals surface area contributed by atoms with E-state index in [-0.39, 0.29) is 16.8 Å². The van der Waals surface area contributed by atoms with Crippen molar-refractivity contribution in [2.24, 2.45) is 0 Å². The van der Waals surface area contributed by atoms with E-state index in [2.05, 4.69) is 20.0 Å². The Balaban J connectivity index is 1.59. The number of halogens is 3. The predicted octanol–water partition coefficient (Wildman–Crippen LogP) is 4.87. The third-order valence-corrected chi connectivity index (χ3v) is 5.28. The first-order valence-corrected chi connectivity index (χ1v) is 11.4. The highest BCUT2D eigenvalue weighted by atomic mass is 32.2. The summed E-state index contributed by atoms with van der Waals surface area (Å²) in [5.41, 5.74) is 0.509. The molecular formula is C22H17F3N4O3S. The van der Waals surface area contributed by atoms with Gasteiger partial charge in [-0.1, -0.05) is 24.3 Å². The van der Waals surface area contributed by atoms with Crippen molar-refractivity contribution in [3.8, 4) is 11.1 Å². The molecule has 4 rings (SSSR count). The summed E-state index contributed by atoms with van der Waals surface area (Å²) in [4.78, 5) is 19.1. The highest BCUT2D eigenvalue weighted by Gasteiger charge is 2.35. The molecule has 7 nitrogen and oxygen atoms in total. The second kappa shape index (κ2) is 8.24. The van der Waals surface area contributed by atoms with Gasteiger partial charge in [-0.15, -0.1) is 0 Å². The third-order valence-electron chi connectivity index (χ3n) is 4.68. The highest BCUT2D eigenvalue weighted by Crippen LogP contribution is 2.36. The maximum atomic E-state index is 13.3. The van der Waals surface area contributed by atoms with Gasteiger partial charge in [-0.05, 0) is 42.0 Å². The van der Waals surface area contributed by atoms with Gasteiger partial charge in [0.2, 0.25) is 10.0 Å². The molecule has 4 aromatic rings. The summed E-state index contributed by atoms with van der Waals surface area (Å²) in [7, 11) is -3.45. The number of aromatic nitrogens is 2. The zero-order chi connectivity index (χ0) is 23.8. The van der Waals surface area contributed by atoms with E-state index < -0.39 is 27.8 Å². The summed E-state index contributed by atoms with van der Waals surface area (Å²) in [6.07, 6.45) is -2.52. The monoisotopic (exact) mass is 474 g/mol. The van der Waals surface area contributed by atoms with Gasteiger partial charge >= 0.3 is 6.18 Å². The minimum Gasteiger partial charge on any atom is -0.350 e. The van der Waals surface area contributed by atoms with Crippen molar-refractivity contribution in [1.82, 2.24) is 9.97 Å². The molecule has 2 aromatic heterocycles. The molecule has 2 aromatic carbocycles. The molecule has 0 saturated carbocycles. The lowest BCUT2D eigenvalue weighted by Crippen LogP contribution is -2.12. The molecule has 0 radical (unpaired) electrons. The average molecular weight is 474 g/mol. The summed E-state index contributed by atoms with van der Waals surface area (Å²) >= 11 is 0. The number of rotatable bonds is 5. The Morgan fingerprint density at radius 2 is 1.79 bits per heavy atom. The number of nitrogens with zero attached hydrogens (tertiary/aromatic N) is 1. The maximum Gasteiger partial charge on any atom is 0.433 e. The summed E-state index contributed by atoms with van der Waals surface area (Å²) in [5, 5.41) is 3.34. The van der Waals surface area contributed by atoms with Crippen LogP contribution in [0.3, 0.4) is 0 Å². The topological polar surface area (TPSA) is 104 Å². The van der Waals surface area contributed by atoms with Crippen molar-refractivity contribution in [3.05, 3.63) is 78.2 Å². The number of nitrogens with one attached hydrogen (secondary N) is 3. The number of hydrogen-bond donors (Lipinski definition) is 3. The highest BCUT2D eigenvalue weighted by molar-refractivity contribution is 7.92. The van der Waals surface area contributed by atoms with Gasteiger partial charge in [-0.3, -0.25) is 14.5 Å². The SMILES string of the molecule is CS(=O)(=O)Nc1ccc2cc(C(=O)Nc3cccc(-c4cccnc4C(F)(F)F)c3)[nH]c2c1. The van der Waals surface area contributed by atoms with E-state index in [0.717, 1.165) is 12.5 Å². The Hall–Kier alpha value is -3.86. The van der Waals surface area contributed by atoms with E-state index >= 15 is 0 Å².